The molecule has 0 heterocycles. The molecule has 6 heteroatoms. The molecule has 1 aromatic rings. The molecule has 1 aliphatic carbocycles. The van der Waals surface area contributed by atoms with E-state index in [1.165, 1.54) is 31.6 Å². The SMILES string of the molecule is COc1cc(S(=O)(=O)NCCC2=CCCCC2)ccc1Br. The molecule has 0 radical (unpaired) electrons. The molecule has 0 saturated carbocycles. The number of allylic oxidation sites excluding steroid dienone is 1. The average molecular weight is 374 g/mol. The van der Waals surface area contributed by atoms with Gasteiger partial charge in [0.05, 0.1) is 16.5 Å². The molecule has 21 heavy (non-hydrogen) atoms. The van der Waals surface area contributed by atoms with Crippen LogP contribution in [-0.2, 0) is 10.0 Å². The van der Waals surface area contributed by atoms with Gasteiger partial charge in [-0.3, -0.25) is 0 Å². The molecule has 0 aromatic heterocycles. The highest BCUT2D eigenvalue weighted by molar-refractivity contribution is 9.10. The third-order valence-corrected chi connectivity index (χ3v) is 5.67. The second-order valence-electron chi connectivity index (χ2n) is 5.05. The van der Waals surface area contributed by atoms with Crippen molar-refractivity contribution in [3.8, 4) is 5.75 Å². The fraction of sp³-hybridized carbons (Fsp3) is 0.467. The van der Waals surface area contributed by atoms with Gasteiger partial charge in [0.2, 0.25) is 10.0 Å². The van der Waals surface area contributed by atoms with Crippen molar-refractivity contribution in [3.05, 3.63) is 34.3 Å². The van der Waals surface area contributed by atoms with Crippen molar-refractivity contribution in [3.63, 3.8) is 0 Å². The lowest BCUT2D eigenvalue weighted by atomic mass is 9.97. The summed E-state index contributed by atoms with van der Waals surface area (Å²) in [6.45, 7) is 0.437. The number of nitrogens with one attached hydrogen (secondary N) is 1. The van der Waals surface area contributed by atoms with Crippen LogP contribution in [0.5, 0.6) is 5.75 Å². The highest BCUT2D eigenvalue weighted by Crippen LogP contribution is 2.27. The molecule has 0 bridgehead atoms. The van der Waals surface area contributed by atoms with E-state index in [1.54, 1.807) is 12.1 Å². The summed E-state index contributed by atoms with van der Waals surface area (Å²) < 4.78 is 33.0. The fourth-order valence-corrected chi connectivity index (χ4v) is 3.82. The molecule has 1 aliphatic rings. The summed E-state index contributed by atoms with van der Waals surface area (Å²) in [6, 6.07) is 4.76. The molecule has 0 amide bonds. The van der Waals surface area contributed by atoms with Crippen LogP contribution in [0.25, 0.3) is 0 Å². The smallest absolute Gasteiger partial charge is 0.240 e. The molecule has 0 aliphatic heterocycles. The molecule has 0 atom stereocenters. The number of rotatable bonds is 6. The molecule has 4 nitrogen and oxygen atoms in total. The minimum absolute atomic E-state index is 0.222. The molecule has 0 spiro atoms. The third kappa shape index (κ3) is 4.56. The number of ether oxygens (including phenoxy) is 1. The highest BCUT2D eigenvalue weighted by Gasteiger charge is 2.16. The Kier molecular flexibility index (Phi) is 5.84. The molecule has 0 fully saturated rings. The van der Waals surface area contributed by atoms with Gasteiger partial charge in [0.25, 0.3) is 0 Å². The van der Waals surface area contributed by atoms with Crippen LogP contribution in [0.3, 0.4) is 0 Å². The van der Waals surface area contributed by atoms with Crippen LogP contribution in [0, 0.1) is 0 Å². The van der Waals surface area contributed by atoms with Crippen LogP contribution < -0.4 is 9.46 Å². The Morgan fingerprint density at radius 1 is 1.33 bits per heavy atom. The first-order chi connectivity index (χ1) is 10.0. The number of benzene rings is 1. The Morgan fingerprint density at radius 2 is 2.14 bits per heavy atom. The van der Waals surface area contributed by atoms with Crippen molar-refractivity contribution in [1.82, 2.24) is 4.72 Å². The molecule has 0 saturated heterocycles. The van der Waals surface area contributed by atoms with Gasteiger partial charge in [-0.05, 0) is 60.2 Å². The molecule has 1 N–H and O–H groups in total. The summed E-state index contributed by atoms with van der Waals surface area (Å²) >= 11 is 3.31. The van der Waals surface area contributed by atoms with Crippen LogP contribution in [0.2, 0.25) is 0 Å². The Morgan fingerprint density at radius 3 is 2.81 bits per heavy atom. The van der Waals surface area contributed by atoms with E-state index in [4.69, 9.17) is 4.74 Å². The Bertz CT molecular complexity index is 626. The Hall–Kier alpha value is -0.850. The number of sulfonamides is 1. The van der Waals surface area contributed by atoms with Gasteiger partial charge in [-0.1, -0.05) is 11.6 Å². The van der Waals surface area contributed by atoms with Crippen molar-refractivity contribution in [2.24, 2.45) is 0 Å². The van der Waals surface area contributed by atoms with Gasteiger partial charge < -0.3 is 4.74 Å². The van der Waals surface area contributed by atoms with Gasteiger partial charge in [0.15, 0.2) is 0 Å². The van der Waals surface area contributed by atoms with Gasteiger partial charge in [0.1, 0.15) is 5.75 Å². The maximum atomic E-state index is 12.3. The summed E-state index contributed by atoms with van der Waals surface area (Å²) in [6.07, 6.45) is 7.68. The predicted molar refractivity (Wildman–Crippen MR) is 87.1 cm³/mol. The van der Waals surface area contributed by atoms with Crippen molar-refractivity contribution >= 4 is 26.0 Å². The molecule has 116 valence electrons. The van der Waals surface area contributed by atoms with Gasteiger partial charge in [-0.2, -0.15) is 0 Å². The lowest BCUT2D eigenvalue weighted by Crippen LogP contribution is -2.25. The topological polar surface area (TPSA) is 55.4 Å². The van der Waals surface area contributed by atoms with Crippen LogP contribution in [0.4, 0.5) is 0 Å². The first-order valence-corrected chi connectivity index (χ1v) is 9.31. The molecular weight excluding hydrogens is 354 g/mol. The average Bonchev–Trinajstić information content (AvgIpc) is 2.48. The van der Waals surface area contributed by atoms with Crippen molar-refractivity contribution in [2.45, 2.75) is 37.0 Å². The van der Waals surface area contributed by atoms with Crippen LogP contribution in [0.1, 0.15) is 32.1 Å². The van der Waals surface area contributed by atoms with E-state index in [2.05, 4.69) is 26.7 Å². The summed E-state index contributed by atoms with van der Waals surface area (Å²) in [7, 11) is -1.98. The third-order valence-electron chi connectivity index (χ3n) is 3.56. The second kappa shape index (κ2) is 7.42. The molecule has 2 rings (SSSR count). The first kappa shape index (κ1) is 16.5. The number of methoxy groups -OCH3 is 1. The zero-order chi connectivity index (χ0) is 15.3. The minimum Gasteiger partial charge on any atom is -0.496 e. The van der Waals surface area contributed by atoms with E-state index >= 15 is 0 Å². The maximum absolute atomic E-state index is 12.3. The van der Waals surface area contributed by atoms with Crippen molar-refractivity contribution < 1.29 is 13.2 Å². The van der Waals surface area contributed by atoms with Crippen molar-refractivity contribution in [1.29, 1.82) is 0 Å². The lowest BCUT2D eigenvalue weighted by molar-refractivity contribution is 0.410. The maximum Gasteiger partial charge on any atom is 0.240 e. The monoisotopic (exact) mass is 373 g/mol. The van der Waals surface area contributed by atoms with E-state index in [-0.39, 0.29) is 4.90 Å². The number of hydrogen-bond donors (Lipinski definition) is 1. The Balaban J connectivity index is 1.99. The van der Waals surface area contributed by atoms with Gasteiger partial charge >= 0.3 is 0 Å². The standard InChI is InChI=1S/C15H20BrNO3S/c1-20-15-11-13(7-8-14(15)16)21(18,19)17-10-9-12-5-3-2-4-6-12/h5,7-8,11,17H,2-4,6,9-10H2,1H3. The molecule has 1 aromatic carbocycles. The first-order valence-electron chi connectivity index (χ1n) is 7.04. The normalized spacial score (nSPS) is 15.6. The summed E-state index contributed by atoms with van der Waals surface area (Å²) in [5, 5.41) is 0. The van der Waals surface area contributed by atoms with Crippen LogP contribution in [0.15, 0.2) is 39.2 Å². The zero-order valence-electron chi connectivity index (χ0n) is 12.1. The summed E-state index contributed by atoms with van der Waals surface area (Å²) in [5.41, 5.74) is 1.36. The van der Waals surface area contributed by atoms with E-state index in [0.717, 1.165) is 23.7 Å². The van der Waals surface area contributed by atoms with E-state index in [1.807, 2.05) is 0 Å². The second-order valence-corrected chi connectivity index (χ2v) is 7.67. The van der Waals surface area contributed by atoms with Crippen molar-refractivity contribution in [2.75, 3.05) is 13.7 Å². The van der Waals surface area contributed by atoms with E-state index < -0.39 is 10.0 Å². The van der Waals surface area contributed by atoms with Gasteiger partial charge in [0, 0.05) is 12.6 Å². The van der Waals surface area contributed by atoms with Gasteiger partial charge in [-0.15, -0.1) is 0 Å². The van der Waals surface area contributed by atoms with E-state index in [9.17, 15) is 8.42 Å². The zero-order valence-corrected chi connectivity index (χ0v) is 14.5. The number of halogens is 1. The predicted octanol–water partition coefficient (Wildman–Crippen LogP) is 3.63. The molecule has 0 unspecified atom stereocenters. The van der Waals surface area contributed by atoms with Crippen LogP contribution in [-0.4, -0.2) is 22.1 Å². The Labute approximate surface area is 134 Å². The molecular formula is C15H20BrNO3S. The minimum atomic E-state index is -3.49. The van der Waals surface area contributed by atoms with Crippen LogP contribution >= 0.6 is 15.9 Å². The van der Waals surface area contributed by atoms with Gasteiger partial charge in [-0.25, -0.2) is 13.1 Å². The summed E-state index contributed by atoms with van der Waals surface area (Å²) in [5.74, 6) is 0.507. The largest absolute Gasteiger partial charge is 0.496 e. The number of hydrogen-bond acceptors (Lipinski definition) is 3. The summed E-state index contributed by atoms with van der Waals surface area (Å²) in [4.78, 5) is 0.222. The fourth-order valence-electron chi connectivity index (χ4n) is 2.37. The highest BCUT2D eigenvalue weighted by atomic mass is 79.9. The quantitative estimate of drug-likeness (QED) is 0.774. The van der Waals surface area contributed by atoms with E-state index in [0.29, 0.717) is 12.3 Å². The lowest BCUT2D eigenvalue weighted by Gasteiger charge is -2.13.